The molecule has 2 heteroatoms. The van der Waals surface area contributed by atoms with Crippen LogP contribution in [0.1, 0.15) is 18.4 Å². The van der Waals surface area contributed by atoms with E-state index in [-0.39, 0.29) is 5.82 Å². The molecule has 2 rings (SSSR count). The Hall–Kier alpha value is -0.890. The largest absolute Gasteiger partial charge is 0.330 e. The van der Waals surface area contributed by atoms with Gasteiger partial charge in [-0.2, -0.15) is 0 Å². The summed E-state index contributed by atoms with van der Waals surface area (Å²) in [5.41, 5.74) is 7.22. The molecule has 13 heavy (non-hydrogen) atoms. The molecule has 0 bridgehead atoms. The smallest absolute Gasteiger partial charge is 0.123 e. The Labute approximate surface area is 77.8 Å². The zero-order valence-electron chi connectivity index (χ0n) is 7.59. The van der Waals surface area contributed by atoms with Crippen LogP contribution in [0.15, 0.2) is 24.3 Å². The first-order valence-electron chi connectivity index (χ1n) is 4.69. The van der Waals surface area contributed by atoms with Gasteiger partial charge in [-0.05, 0) is 48.9 Å². The highest BCUT2D eigenvalue weighted by Gasteiger charge is 2.40. The van der Waals surface area contributed by atoms with Crippen molar-refractivity contribution in [3.05, 3.63) is 35.6 Å². The van der Waals surface area contributed by atoms with E-state index < -0.39 is 0 Å². The summed E-state index contributed by atoms with van der Waals surface area (Å²) >= 11 is 0. The lowest BCUT2D eigenvalue weighted by Crippen LogP contribution is -2.17. The summed E-state index contributed by atoms with van der Waals surface area (Å²) in [5.74, 6) is -0.165. The molecule has 1 fully saturated rings. The molecule has 0 radical (unpaired) electrons. The highest BCUT2D eigenvalue weighted by Crippen LogP contribution is 2.47. The van der Waals surface area contributed by atoms with Crippen molar-refractivity contribution in [1.29, 1.82) is 0 Å². The Morgan fingerprint density at radius 3 is 2.31 bits per heavy atom. The van der Waals surface area contributed by atoms with Crippen LogP contribution in [0.2, 0.25) is 0 Å². The summed E-state index contributed by atoms with van der Waals surface area (Å²) in [5, 5.41) is 0. The standard InChI is InChI=1S/C11H14FN/c12-10-3-1-9(2-4-10)7-11(8-13)5-6-11/h1-4H,5-8,13H2. The molecule has 1 aromatic carbocycles. The van der Waals surface area contributed by atoms with E-state index in [0.29, 0.717) is 5.41 Å². The number of halogens is 1. The zero-order valence-corrected chi connectivity index (χ0v) is 7.59. The van der Waals surface area contributed by atoms with Gasteiger partial charge >= 0.3 is 0 Å². The maximum atomic E-state index is 12.6. The van der Waals surface area contributed by atoms with Gasteiger partial charge in [0, 0.05) is 0 Å². The Bertz CT molecular complexity index is 287. The van der Waals surface area contributed by atoms with E-state index in [1.165, 1.54) is 30.5 Å². The molecular weight excluding hydrogens is 165 g/mol. The van der Waals surface area contributed by atoms with Crippen molar-refractivity contribution in [3.63, 3.8) is 0 Å². The van der Waals surface area contributed by atoms with Crippen LogP contribution in [0.3, 0.4) is 0 Å². The van der Waals surface area contributed by atoms with Gasteiger partial charge < -0.3 is 5.73 Å². The minimum atomic E-state index is -0.165. The normalized spacial score (nSPS) is 18.6. The average molecular weight is 179 g/mol. The molecule has 0 spiro atoms. The second kappa shape index (κ2) is 3.11. The lowest BCUT2D eigenvalue weighted by Gasteiger charge is -2.11. The first-order chi connectivity index (χ1) is 6.24. The third kappa shape index (κ3) is 1.89. The highest BCUT2D eigenvalue weighted by atomic mass is 19.1. The summed E-state index contributed by atoms with van der Waals surface area (Å²) < 4.78 is 12.6. The predicted octanol–water partition coefficient (Wildman–Crippen LogP) is 2.11. The summed E-state index contributed by atoms with van der Waals surface area (Å²) in [6, 6.07) is 6.74. The van der Waals surface area contributed by atoms with Crippen LogP contribution >= 0.6 is 0 Å². The van der Waals surface area contributed by atoms with E-state index >= 15 is 0 Å². The minimum Gasteiger partial charge on any atom is -0.330 e. The van der Waals surface area contributed by atoms with Crippen LogP contribution in [0, 0.1) is 11.2 Å². The Morgan fingerprint density at radius 2 is 1.85 bits per heavy atom. The van der Waals surface area contributed by atoms with Gasteiger partial charge in [0.15, 0.2) is 0 Å². The van der Waals surface area contributed by atoms with Crippen LogP contribution in [-0.4, -0.2) is 6.54 Å². The lowest BCUT2D eigenvalue weighted by molar-refractivity contribution is 0.520. The monoisotopic (exact) mass is 179 g/mol. The molecule has 70 valence electrons. The fourth-order valence-electron chi connectivity index (χ4n) is 1.67. The molecule has 0 atom stereocenters. The third-order valence-corrected chi connectivity index (χ3v) is 2.88. The Balaban J connectivity index is 2.06. The van der Waals surface area contributed by atoms with Crippen LogP contribution in [0.4, 0.5) is 4.39 Å². The van der Waals surface area contributed by atoms with E-state index in [4.69, 9.17) is 5.73 Å². The van der Waals surface area contributed by atoms with E-state index in [9.17, 15) is 4.39 Å². The summed E-state index contributed by atoms with van der Waals surface area (Å²) in [4.78, 5) is 0. The van der Waals surface area contributed by atoms with Crippen LogP contribution in [0.5, 0.6) is 0 Å². The fourth-order valence-corrected chi connectivity index (χ4v) is 1.67. The molecule has 1 saturated carbocycles. The van der Waals surface area contributed by atoms with E-state index in [2.05, 4.69) is 0 Å². The van der Waals surface area contributed by atoms with Crippen LogP contribution in [0.25, 0.3) is 0 Å². The summed E-state index contributed by atoms with van der Waals surface area (Å²) in [6.07, 6.45) is 3.45. The molecule has 0 saturated heterocycles. The zero-order chi connectivity index (χ0) is 9.31. The second-order valence-electron chi connectivity index (χ2n) is 4.01. The number of hydrogen-bond acceptors (Lipinski definition) is 1. The molecule has 2 N–H and O–H groups in total. The number of rotatable bonds is 3. The van der Waals surface area contributed by atoms with Gasteiger partial charge in [-0.15, -0.1) is 0 Å². The second-order valence-corrected chi connectivity index (χ2v) is 4.01. The average Bonchev–Trinajstić information content (AvgIpc) is 2.90. The van der Waals surface area contributed by atoms with Crippen molar-refractivity contribution in [2.24, 2.45) is 11.1 Å². The molecule has 1 aliphatic carbocycles. The molecule has 0 aromatic heterocycles. The molecule has 0 aliphatic heterocycles. The molecular formula is C11H14FN. The highest BCUT2D eigenvalue weighted by molar-refractivity contribution is 5.19. The molecule has 1 aromatic rings. The van der Waals surface area contributed by atoms with Gasteiger partial charge in [0.1, 0.15) is 5.82 Å². The summed E-state index contributed by atoms with van der Waals surface area (Å²) in [6.45, 7) is 0.754. The van der Waals surface area contributed by atoms with Crippen LogP contribution < -0.4 is 5.73 Å². The van der Waals surface area contributed by atoms with Crippen molar-refractivity contribution >= 4 is 0 Å². The molecule has 1 nitrogen and oxygen atoms in total. The first kappa shape index (κ1) is 8.70. The van der Waals surface area contributed by atoms with Gasteiger partial charge in [0.25, 0.3) is 0 Å². The maximum absolute atomic E-state index is 12.6. The van der Waals surface area contributed by atoms with Crippen LogP contribution in [-0.2, 0) is 6.42 Å². The maximum Gasteiger partial charge on any atom is 0.123 e. The van der Waals surface area contributed by atoms with E-state index in [1.54, 1.807) is 0 Å². The lowest BCUT2D eigenvalue weighted by atomic mass is 9.97. The topological polar surface area (TPSA) is 26.0 Å². The Kier molecular flexibility index (Phi) is 2.08. The molecule has 0 heterocycles. The SMILES string of the molecule is NCC1(Cc2ccc(F)cc2)CC1. The fraction of sp³-hybridized carbons (Fsp3) is 0.455. The predicted molar refractivity (Wildman–Crippen MR) is 50.8 cm³/mol. The van der Waals surface area contributed by atoms with Gasteiger partial charge in [0.05, 0.1) is 0 Å². The van der Waals surface area contributed by atoms with Gasteiger partial charge in [-0.3, -0.25) is 0 Å². The van der Waals surface area contributed by atoms with Crippen molar-refractivity contribution in [2.45, 2.75) is 19.3 Å². The number of nitrogens with two attached hydrogens (primary N) is 1. The minimum absolute atomic E-state index is 0.165. The number of benzene rings is 1. The first-order valence-corrected chi connectivity index (χ1v) is 4.69. The van der Waals surface area contributed by atoms with Gasteiger partial charge in [-0.1, -0.05) is 12.1 Å². The van der Waals surface area contributed by atoms with E-state index in [0.717, 1.165) is 13.0 Å². The van der Waals surface area contributed by atoms with Gasteiger partial charge in [0.2, 0.25) is 0 Å². The van der Waals surface area contributed by atoms with Crippen molar-refractivity contribution in [3.8, 4) is 0 Å². The molecule has 0 unspecified atom stereocenters. The summed E-state index contributed by atoms with van der Waals surface area (Å²) in [7, 11) is 0. The quantitative estimate of drug-likeness (QED) is 0.755. The third-order valence-electron chi connectivity index (χ3n) is 2.88. The van der Waals surface area contributed by atoms with Gasteiger partial charge in [-0.25, -0.2) is 4.39 Å². The van der Waals surface area contributed by atoms with Crippen molar-refractivity contribution in [1.82, 2.24) is 0 Å². The number of hydrogen-bond donors (Lipinski definition) is 1. The van der Waals surface area contributed by atoms with Crippen molar-refractivity contribution in [2.75, 3.05) is 6.54 Å². The Morgan fingerprint density at radius 1 is 1.23 bits per heavy atom. The molecule has 0 amide bonds. The molecule has 1 aliphatic rings. The van der Waals surface area contributed by atoms with Crippen molar-refractivity contribution < 1.29 is 4.39 Å². The van der Waals surface area contributed by atoms with E-state index in [1.807, 2.05) is 12.1 Å².